The van der Waals surface area contributed by atoms with Crippen LogP contribution in [0.3, 0.4) is 0 Å². The van der Waals surface area contributed by atoms with Gasteiger partial charge in [-0.1, -0.05) is 42.7 Å². The van der Waals surface area contributed by atoms with E-state index >= 15 is 0 Å². The number of carbonyl (C=O) groups excluding carboxylic acids is 1. The lowest BCUT2D eigenvalue weighted by Crippen LogP contribution is -2.44. The Bertz CT molecular complexity index is 758. The Morgan fingerprint density at radius 1 is 1.29 bits per heavy atom. The molecule has 0 radical (unpaired) electrons. The van der Waals surface area contributed by atoms with Crippen molar-refractivity contribution in [1.82, 2.24) is 20.8 Å². The van der Waals surface area contributed by atoms with Gasteiger partial charge in [-0.2, -0.15) is 5.10 Å². The van der Waals surface area contributed by atoms with Gasteiger partial charge in [-0.05, 0) is 25.3 Å². The molecule has 2 heterocycles. The molecule has 0 spiro atoms. The van der Waals surface area contributed by atoms with Crippen LogP contribution in [-0.2, 0) is 18.5 Å². The van der Waals surface area contributed by atoms with Crippen molar-refractivity contribution in [2.45, 2.75) is 51.1 Å². The van der Waals surface area contributed by atoms with Crippen molar-refractivity contribution in [2.24, 2.45) is 0 Å². The smallest absolute Gasteiger partial charge is 0.272 e. The minimum Gasteiger partial charge on any atom is -0.341 e. The molecule has 3 N–H and O–H groups in total. The highest BCUT2D eigenvalue weighted by Gasteiger charge is 2.38. The molecule has 1 aromatic heterocycles. The van der Waals surface area contributed by atoms with Crippen molar-refractivity contribution < 1.29 is 4.79 Å². The molecular weight excluding hydrogens is 300 g/mol. The number of H-pyrrole nitrogens is 1. The normalized spacial score (nSPS) is 19.0. The molecule has 5 nitrogen and oxygen atoms in total. The molecule has 0 saturated heterocycles. The van der Waals surface area contributed by atoms with E-state index in [0.29, 0.717) is 12.2 Å². The molecule has 126 valence electrons. The summed E-state index contributed by atoms with van der Waals surface area (Å²) in [5.41, 5.74) is 4.87. The standard InChI is InChI=1S/C19H24N4O/c1-13-5-4-6-14(11-13)19(8-2-3-9-19)21-18(24)17-15-12-20-10-7-16(15)22-23-17/h4-6,11,20H,2-3,7-10,12H2,1H3,(H,21,24)(H,22,23). The molecule has 1 amide bonds. The van der Waals surface area contributed by atoms with Gasteiger partial charge in [-0.15, -0.1) is 0 Å². The highest BCUT2D eigenvalue weighted by molar-refractivity contribution is 5.94. The number of aromatic nitrogens is 2. The van der Waals surface area contributed by atoms with Gasteiger partial charge in [0.25, 0.3) is 5.91 Å². The second kappa shape index (κ2) is 6.06. The van der Waals surface area contributed by atoms with Crippen LogP contribution >= 0.6 is 0 Å². The maximum absolute atomic E-state index is 13.0. The fraction of sp³-hybridized carbons (Fsp3) is 0.474. The van der Waals surface area contributed by atoms with Gasteiger partial charge in [-0.3, -0.25) is 9.89 Å². The van der Waals surface area contributed by atoms with Crippen molar-refractivity contribution in [3.63, 3.8) is 0 Å². The predicted octanol–water partition coefficient (Wildman–Crippen LogP) is 2.56. The van der Waals surface area contributed by atoms with Crippen LogP contribution in [0.1, 0.15) is 58.6 Å². The third-order valence-electron chi connectivity index (χ3n) is 5.40. The van der Waals surface area contributed by atoms with E-state index in [-0.39, 0.29) is 11.4 Å². The molecule has 1 aliphatic heterocycles. The van der Waals surface area contributed by atoms with E-state index in [4.69, 9.17) is 0 Å². The van der Waals surface area contributed by atoms with Crippen LogP contribution in [0.5, 0.6) is 0 Å². The van der Waals surface area contributed by atoms with Gasteiger partial charge in [0.2, 0.25) is 0 Å². The molecule has 4 rings (SSSR count). The summed E-state index contributed by atoms with van der Waals surface area (Å²) in [7, 11) is 0. The molecule has 0 atom stereocenters. The van der Waals surface area contributed by atoms with Crippen LogP contribution < -0.4 is 10.6 Å². The van der Waals surface area contributed by atoms with Gasteiger partial charge < -0.3 is 10.6 Å². The summed E-state index contributed by atoms with van der Waals surface area (Å²) in [4.78, 5) is 13.0. The second-order valence-corrected chi connectivity index (χ2v) is 7.07. The number of hydrogen-bond acceptors (Lipinski definition) is 3. The number of hydrogen-bond donors (Lipinski definition) is 3. The average molecular weight is 324 g/mol. The maximum atomic E-state index is 13.0. The number of carbonyl (C=O) groups is 1. The molecule has 0 unspecified atom stereocenters. The number of fused-ring (bicyclic) bond motifs is 1. The lowest BCUT2D eigenvalue weighted by Gasteiger charge is -2.31. The van der Waals surface area contributed by atoms with Crippen molar-refractivity contribution in [2.75, 3.05) is 6.54 Å². The molecule has 2 aromatic rings. The molecule has 2 aliphatic rings. The first-order chi connectivity index (χ1) is 11.7. The van der Waals surface area contributed by atoms with Crippen molar-refractivity contribution in [1.29, 1.82) is 0 Å². The summed E-state index contributed by atoms with van der Waals surface area (Å²) < 4.78 is 0. The number of aryl methyl sites for hydroxylation is 1. The predicted molar refractivity (Wildman–Crippen MR) is 92.8 cm³/mol. The highest BCUT2D eigenvalue weighted by atomic mass is 16.2. The number of rotatable bonds is 3. The first-order valence-electron chi connectivity index (χ1n) is 8.84. The van der Waals surface area contributed by atoms with E-state index < -0.39 is 0 Å². The van der Waals surface area contributed by atoms with E-state index in [9.17, 15) is 4.79 Å². The van der Waals surface area contributed by atoms with Gasteiger partial charge in [0.1, 0.15) is 0 Å². The molecular formula is C19H24N4O. The zero-order valence-corrected chi connectivity index (χ0v) is 14.1. The van der Waals surface area contributed by atoms with Crippen LogP contribution in [0.25, 0.3) is 0 Å². The second-order valence-electron chi connectivity index (χ2n) is 7.07. The summed E-state index contributed by atoms with van der Waals surface area (Å²) >= 11 is 0. The highest BCUT2D eigenvalue weighted by Crippen LogP contribution is 2.39. The number of nitrogens with one attached hydrogen (secondary N) is 3. The summed E-state index contributed by atoms with van der Waals surface area (Å²) in [6.45, 7) is 3.75. The molecule has 5 heteroatoms. The zero-order valence-electron chi connectivity index (χ0n) is 14.1. The summed E-state index contributed by atoms with van der Waals surface area (Å²) in [5, 5.41) is 14.0. The molecule has 1 aromatic carbocycles. The fourth-order valence-corrected chi connectivity index (χ4v) is 4.10. The summed E-state index contributed by atoms with van der Waals surface area (Å²) in [6, 6.07) is 8.52. The van der Waals surface area contributed by atoms with Gasteiger partial charge in [0.05, 0.1) is 5.54 Å². The fourth-order valence-electron chi connectivity index (χ4n) is 4.10. The number of amides is 1. The number of benzene rings is 1. The minimum atomic E-state index is -0.253. The van der Waals surface area contributed by atoms with Crippen LogP contribution in [0, 0.1) is 6.92 Å². The third kappa shape index (κ3) is 2.63. The molecule has 24 heavy (non-hydrogen) atoms. The largest absolute Gasteiger partial charge is 0.341 e. The Balaban J connectivity index is 1.64. The molecule has 1 saturated carbocycles. The Hall–Kier alpha value is -2.14. The van der Waals surface area contributed by atoms with E-state index in [1.54, 1.807) is 0 Å². The Morgan fingerprint density at radius 3 is 2.92 bits per heavy atom. The van der Waals surface area contributed by atoms with Crippen LogP contribution in [0.15, 0.2) is 24.3 Å². The van der Waals surface area contributed by atoms with Crippen LogP contribution in [-0.4, -0.2) is 22.6 Å². The van der Waals surface area contributed by atoms with Crippen molar-refractivity contribution in [3.05, 3.63) is 52.3 Å². The SMILES string of the molecule is Cc1cccc(C2(NC(=O)c3n[nH]c4c3CNCC4)CCCC2)c1. The topological polar surface area (TPSA) is 69.8 Å². The average Bonchev–Trinajstić information content (AvgIpc) is 3.22. The Morgan fingerprint density at radius 2 is 2.12 bits per heavy atom. The first kappa shape index (κ1) is 15.4. The van der Waals surface area contributed by atoms with Gasteiger partial charge in [0.15, 0.2) is 5.69 Å². The Labute approximate surface area is 142 Å². The van der Waals surface area contributed by atoms with Gasteiger partial charge in [-0.25, -0.2) is 0 Å². The van der Waals surface area contributed by atoms with Gasteiger partial charge >= 0.3 is 0 Å². The maximum Gasteiger partial charge on any atom is 0.272 e. The lowest BCUT2D eigenvalue weighted by molar-refractivity contribution is 0.0891. The lowest BCUT2D eigenvalue weighted by atomic mass is 9.87. The third-order valence-corrected chi connectivity index (χ3v) is 5.40. The Kier molecular flexibility index (Phi) is 3.88. The number of aromatic amines is 1. The van der Waals surface area contributed by atoms with Crippen molar-refractivity contribution >= 4 is 5.91 Å². The molecule has 1 fully saturated rings. The van der Waals surface area contributed by atoms with Crippen LogP contribution in [0.4, 0.5) is 0 Å². The molecule has 1 aliphatic carbocycles. The minimum absolute atomic E-state index is 0.0559. The van der Waals surface area contributed by atoms with E-state index in [1.165, 1.54) is 11.1 Å². The summed E-state index contributed by atoms with van der Waals surface area (Å²) in [6.07, 6.45) is 5.18. The van der Waals surface area contributed by atoms with Gasteiger partial charge in [0, 0.05) is 30.8 Å². The quantitative estimate of drug-likeness (QED) is 0.813. The monoisotopic (exact) mass is 324 g/mol. The van der Waals surface area contributed by atoms with Crippen LogP contribution in [0.2, 0.25) is 0 Å². The van der Waals surface area contributed by atoms with Crippen molar-refractivity contribution in [3.8, 4) is 0 Å². The molecule has 0 bridgehead atoms. The first-order valence-corrected chi connectivity index (χ1v) is 8.84. The van der Waals surface area contributed by atoms with E-state index in [1.807, 2.05) is 0 Å². The zero-order chi connectivity index (χ0) is 16.6. The summed E-state index contributed by atoms with van der Waals surface area (Å²) in [5.74, 6) is -0.0559. The number of nitrogens with zero attached hydrogens (tertiary/aromatic N) is 1. The van der Waals surface area contributed by atoms with E-state index in [2.05, 4.69) is 52.0 Å². The van der Waals surface area contributed by atoms with E-state index in [0.717, 1.165) is 49.9 Å².